The van der Waals surface area contributed by atoms with E-state index in [1.54, 1.807) is 54.9 Å². The minimum Gasteiger partial charge on any atom is -0.340 e. The third-order valence-corrected chi connectivity index (χ3v) is 7.74. The van der Waals surface area contributed by atoms with Crippen molar-refractivity contribution in [2.45, 2.75) is 37.5 Å². The van der Waals surface area contributed by atoms with Crippen molar-refractivity contribution >= 4 is 49.0 Å². The van der Waals surface area contributed by atoms with E-state index in [4.69, 9.17) is 0 Å². The molecule has 2 N–H and O–H groups in total. The smallest absolute Gasteiger partial charge is 0.264 e. The lowest BCUT2D eigenvalue weighted by atomic mass is 9.97. The van der Waals surface area contributed by atoms with Crippen molar-refractivity contribution in [3.8, 4) is 0 Å². The maximum Gasteiger partial charge on any atom is 0.264 e. The van der Waals surface area contributed by atoms with Gasteiger partial charge in [-0.3, -0.25) is 0 Å². The zero-order chi connectivity index (χ0) is 21.4. The predicted molar refractivity (Wildman–Crippen MR) is 121 cm³/mol. The summed E-state index contributed by atoms with van der Waals surface area (Å²) >= 11 is 1.74. The molecule has 5 rings (SSSR count). The number of aromatic nitrogens is 4. The van der Waals surface area contributed by atoms with Crippen molar-refractivity contribution in [1.82, 2.24) is 19.9 Å². The molecule has 10 heteroatoms. The summed E-state index contributed by atoms with van der Waals surface area (Å²) in [5, 5.41) is 4.42. The fourth-order valence-electron chi connectivity index (χ4n) is 3.72. The van der Waals surface area contributed by atoms with Gasteiger partial charge in [-0.25, -0.2) is 33.1 Å². The Morgan fingerprint density at radius 1 is 1.00 bits per heavy atom. The monoisotopic (exact) mass is 452 g/mol. The lowest BCUT2D eigenvalue weighted by molar-refractivity contribution is 0.601. The number of nitrogens with one attached hydrogen (secondary N) is 2. The second-order valence-corrected chi connectivity index (χ2v) is 10.2. The number of anilines is 3. The van der Waals surface area contributed by atoms with E-state index in [2.05, 4.69) is 30.0 Å². The molecule has 3 heterocycles. The maximum absolute atomic E-state index is 12.7. The average molecular weight is 453 g/mol. The minimum absolute atomic E-state index is 0.0489. The molecule has 158 valence electrons. The molecular weight excluding hydrogens is 432 g/mol. The molecule has 0 fully saturated rings. The van der Waals surface area contributed by atoms with E-state index in [0.717, 1.165) is 34.6 Å². The van der Waals surface area contributed by atoms with Crippen LogP contribution in [0.5, 0.6) is 0 Å². The molecule has 1 aromatic carbocycles. The molecule has 1 aliphatic rings. The van der Waals surface area contributed by atoms with Crippen molar-refractivity contribution in [3.05, 3.63) is 59.0 Å². The molecule has 4 aromatic rings. The molecule has 0 radical (unpaired) electrons. The standard InChI is InChI=1S/C21H20N6O2S2/c1-13-10-11-22-21(25-13)27-31(28,29)15-8-6-14(7-9-15)26-19-18-16-4-2-3-5-17(16)30-20(18)24-12-23-19/h6-12H,2-5H2,1H3,(H,22,25,27)(H,23,24,26). The van der Waals surface area contributed by atoms with Gasteiger partial charge in [0.25, 0.3) is 10.0 Å². The Kier molecular flexibility index (Phi) is 5.03. The van der Waals surface area contributed by atoms with Crippen molar-refractivity contribution in [3.63, 3.8) is 0 Å². The highest BCUT2D eigenvalue weighted by Crippen LogP contribution is 2.38. The molecule has 0 saturated heterocycles. The van der Waals surface area contributed by atoms with Crippen LogP contribution in [0.1, 0.15) is 29.0 Å². The Morgan fingerprint density at radius 3 is 2.61 bits per heavy atom. The van der Waals surface area contributed by atoms with Crippen LogP contribution in [0, 0.1) is 6.92 Å². The van der Waals surface area contributed by atoms with Crippen LogP contribution in [0.15, 0.2) is 47.8 Å². The molecule has 0 atom stereocenters. The van der Waals surface area contributed by atoms with Crippen LogP contribution in [-0.2, 0) is 22.9 Å². The summed E-state index contributed by atoms with van der Waals surface area (Å²) in [6.45, 7) is 1.77. The highest BCUT2D eigenvalue weighted by atomic mass is 32.2. The quantitative estimate of drug-likeness (QED) is 0.467. The second kappa shape index (κ2) is 7.86. The van der Waals surface area contributed by atoms with E-state index in [0.29, 0.717) is 5.69 Å². The van der Waals surface area contributed by atoms with Crippen molar-refractivity contribution in [1.29, 1.82) is 0 Å². The largest absolute Gasteiger partial charge is 0.340 e. The summed E-state index contributed by atoms with van der Waals surface area (Å²) in [5.74, 6) is 0.805. The van der Waals surface area contributed by atoms with E-state index in [-0.39, 0.29) is 10.8 Å². The number of fused-ring (bicyclic) bond motifs is 3. The van der Waals surface area contributed by atoms with Crippen molar-refractivity contribution in [2.75, 3.05) is 10.0 Å². The molecule has 0 bridgehead atoms. The highest BCUT2D eigenvalue weighted by molar-refractivity contribution is 7.92. The van der Waals surface area contributed by atoms with Gasteiger partial charge in [0.2, 0.25) is 5.95 Å². The van der Waals surface area contributed by atoms with E-state index in [1.807, 2.05) is 0 Å². The topological polar surface area (TPSA) is 110 Å². The molecule has 31 heavy (non-hydrogen) atoms. The number of thiophene rings is 1. The van der Waals surface area contributed by atoms with E-state index in [1.165, 1.54) is 29.5 Å². The number of sulfonamides is 1. The molecular formula is C21H20N6O2S2. The van der Waals surface area contributed by atoms with Crippen molar-refractivity contribution < 1.29 is 8.42 Å². The summed E-state index contributed by atoms with van der Waals surface area (Å²) in [4.78, 5) is 19.5. The van der Waals surface area contributed by atoms with Gasteiger partial charge in [0, 0.05) is 22.5 Å². The normalized spacial score (nSPS) is 13.7. The Bertz CT molecular complexity index is 1370. The van der Waals surface area contributed by atoms with Crippen LogP contribution in [0.4, 0.5) is 17.5 Å². The second-order valence-electron chi connectivity index (χ2n) is 7.39. The van der Waals surface area contributed by atoms with Crippen molar-refractivity contribution in [2.24, 2.45) is 0 Å². The lowest BCUT2D eigenvalue weighted by Gasteiger charge is -2.13. The zero-order valence-electron chi connectivity index (χ0n) is 16.8. The number of hydrogen-bond acceptors (Lipinski definition) is 8. The average Bonchev–Trinajstić information content (AvgIpc) is 3.13. The van der Waals surface area contributed by atoms with Crippen LogP contribution in [0.3, 0.4) is 0 Å². The van der Waals surface area contributed by atoms with Gasteiger partial charge in [-0.05, 0) is 68.5 Å². The Hall–Kier alpha value is -3.11. The highest BCUT2D eigenvalue weighted by Gasteiger charge is 2.20. The summed E-state index contributed by atoms with van der Waals surface area (Å²) in [6.07, 6.45) is 7.61. The van der Waals surface area contributed by atoms with Crippen LogP contribution in [0.25, 0.3) is 10.2 Å². The van der Waals surface area contributed by atoms with Crippen LogP contribution in [-0.4, -0.2) is 28.4 Å². The van der Waals surface area contributed by atoms with E-state index in [9.17, 15) is 8.42 Å². The van der Waals surface area contributed by atoms with Crippen LogP contribution in [0.2, 0.25) is 0 Å². The molecule has 3 aromatic heterocycles. The first-order chi connectivity index (χ1) is 15.0. The molecule has 0 unspecified atom stereocenters. The molecule has 0 saturated carbocycles. The third kappa shape index (κ3) is 3.96. The predicted octanol–water partition coefficient (Wildman–Crippen LogP) is 4.21. The molecule has 0 spiro atoms. The molecule has 0 amide bonds. The summed E-state index contributed by atoms with van der Waals surface area (Å²) in [6, 6.07) is 8.23. The fourth-order valence-corrected chi connectivity index (χ4v) is 5.90. The fraction of sp³-hybridized carbons (Fsp3) is 0.238. The van der Waals surface area contributed by atoms with Crippen LogP contribution >= 0.6 is 11.3 Å². The molecule has 1 aliphatic carbocycles. The summed E-state index contributed by atoms with van der Waals surface area (Å²) in [7, 11) is -3.78. The first-order valence-corrected chi connectivity index (χ1v) is 12.2. The SMILES string of the molecule is Cc1ccnc(NS(=O)(=O)c2ccc(Nc3ncnc4sc5c(c34)CCCC5)cc2)n1. The summed E-state index contributed by atoms with van der Waals surface area (Å²) < 4.78 is 27.7. The first-order valence-electron chi connectivity index (χ1n) is 9.94. The van der Waals surface area contributed by atoms with Gasteiger partial charge in [-0.2, -0.15) is 0 Å². The number of hydrogen-bond donors (Lipinski definition) is 2. The molecule has 8 nitrogen and oxygen atoms in total. The Labute approximate surface area is 183 Å². The van der Waals surface area contributed by atoms with Crippen LogP contribution < -0.4 is 10.0 Å². The van der Waals surface area contributed by atoms with Gasteiger partial charge in [-0.15, -0.1) is 11.3 Å². The van der Waals surface area contributed by atoms with Gasteiger partial charge in [0.05, 0.1) is 10.3 Å². The Morgan fingerprint density at radius 2 is 1.81 bits per heavy atom. The van der Waals surface area contributed by atoms with Gasteiger partial charge >= 0.3 is 0 Å². The first kappa shape index (κ1) is 19.8. The van der Waals surface area contributed by atoms with E-state index < -0.39 is 10.0 Å². The van der Waals surface area contributed by atoms with Gasteiger partial charge in [0.15, 0.2) is 0 Å². The summed E-state index contributed by atoms with van der Waals surface area (Å²) in [5.41, 5.74) is 2.77. The lowest BCUT2D eigenvalue weighted by Crippen LogP contribution is -2.15. The Balaban J connectivity index is 1.40. The number of benzene rings is 1. The van der Waals surface area contributed by atoms with Gasteiger partial charge in [-0.1, -0.05) is 0 Å². The number of aryl methyl sites for hydroxylation is 3. The number of nitrogens with zero attached hydrogens (tertiary/aromatic N) is 4. The zero-order valence-corrected chi connectivity index (χ0v) is 18.4. The third-order valence-electron chi connectivity index (χ3n) is 5.20. The van der Waals surface area contributed by atoms with Gasteiger partial charge < -0.3 is 5.32 Å². The number of rotatable bonds is 5. The van der Waals surface area contributed by atoms with E-state index >= 15 is 0 Å². The maximum atomic E-state index is 12.7. The minimum atomic E-state index is -3.78. The van der Waals surface area contributed by atoms with Gasteiger partial charge in [0.1, 0.15) is 17.0 Å². The molecule has 0 aliphatic heterocycles.